The summed E-state index contributed by atoms with van der Waals surface area (Å²) in [5.74, 6) is 3.07. The molecule has 1 atom stereocenters. The molecule has 0 saturated carbocycles. The molecule has 1 aliphatic rings. The van der Waals surface area contributed by atoms with Crippen molar-refractivity contribution in [2.45, 2.75) is 19.9 Å². The highest BCUT2D eigenvalue weighted by Crippen LogP contribution is 2.27. The molecule has 1 unspecified atom stereocenters. The van der Waals surface area contributed by atoms with Crippen LogP contribution in [-0.4, -0.2) is 41.6 Å². The first kappa shape index (κ1) is 21.4. The zero-order valence-corrected chi connectivity index (χ0v) is 19.3. The van der Waals surface area contributed by atoms with Crippen molar-refractivity contribution in [2.75, 3.05) is 32.1 Å². The van der Waals surface area contributed by atoms with Gasteiger partial charge in [-0.1, -0.05) is 42.0 Å². The Kier molecular flexibility index (Phi) is 6.22. The van der Waals surface area contributed by atoms with Crippen LogP contribution in [-0.2, 0) is 6.54 Å². The minimum atomic E-state index is 0.605. The van der Waals surface area contributed by atoms with Crippen LogP contribution in [0, 0.1) is 12.8 Å². The van der Waals surface area contributed by atoms with E-state index in [2.05, 4.69) is 47.5 Å². The number of benzene rings is 3. The molecule has 33 heavy (non-hydrogen) atoms. The second kappa shape index (κ2) is 9.59. The molecule has 5 rings (SSSR count). The van der Waals surface area contributed by atoms with Gasteiger partial charge in [0.1, 0.15) is 11.6 Å². The number of anilines is 1. The molecule has 0 aliphatic carbocycles. The number of nitrogens with zero attached hydrogens (tertiary/aromatic N) is 3. The first-order valence-electron chi connectivity index (χ1n) is 11.6. The van der Waals surface area contributed by atoms with E-state index in [0.717, 1.165) is 60.0 Å². The third-order valence-corrected chi connectivity index (χ3v) is 6.41. The van der Waals surface area contributed by atoms with Gasteiger partial charge in [-0.25, -0.2) is 9.97 Å². The highest BCUT2D eigenvalue weighted by molar-refractivity contribution is 5.90. The lowest BCUT2D eigenvalue weighted by atomic mass is 10.1. The van der Waals surface area contributed by atoms with Gasteiger partial charge in [-0.3, -0.25) is 4.90 Å². The summed E-state index contributed by atoms with van der Waals surface area (Å²) in [6.45, 7) is 6.32. The Balaban J connectivity index is 1.29. The molecule has 2 heterocycles. The number of aryl methyl sites for hydroxylation is 1. The van der Waals surface area contributed by atoms with Gasteiger partial charge in [-0.2, -0.15) is 0 Å². The van der Waals surface area contributed by atoms with Crippen LogP contribution in [0.3, 0.4) is 0 Å². The molecule has 5 nitrogen and oxygen atoms in total. The van der Waals surface area contributed by atoms with Crippen LogP contribution >= 0.6 is 0 Å². The molecule has 1 saturated heterocycles. The third kappa shape index (κ3) is 4.99. The second-order valence-electron chi connectivity index (χ2n) is 8.90. The number of aromatic nitrogens is 2. The van der Waals surface area contributed by atoms with Crippen LogP contribution in [0.1, 0.15) is 17.5 Å². The highest BCUT2D eigenvalue weighted by atomic mass is 16.5. The van der Waals surface area contributed by atoms with Gasteiger partial charge in [0.15, 0.2) is 5.82 Å². The highest BCUT2D eigenvalue weighted by Gasteiger charge is 2.22. The Morgan fingerprint density at radius 2 is 1.76 bits per heavy atom. The number of nitrogens with one attached hydrogen (secondary N) is 1. The van der Waals surface area contributed by atoms with Gasteiger partial charge in [0.05, 0.1) is 12.6 Å². The van der Waals surface area contributed by atoms with Crippen molar-refractivity contribution in [3.8, 4) is 17.1 Å². The van der Waals surface area contributed by atoms with E-state index >= 15 is 0 Å². The number of para-hydroxylation sites is 1. The van der Waals surface area contributed by atoms with Crippen molar-refractivity contribution in [1.82, 2.24) is 14.9 Å². The summed E-state index contributed by atoms with van der Waals surface area (Å²) in [5, 5.41) is 4.71. The number of hydrogen-bond donors (Lipinski definition) is 1. The Hall–Kier alpha value is -3.44. The molecule has 3 aromatic carbocycles. The average Bonchev–Trinajstić information content (AvgIpc) is 3.31. The van der Waals surface area contributed by atoms with Crippen molar-refractivity contribution in [3.63, 3.8) is 0 Å². The molecular weight excluding hydrogens is 408 g/mol. The fourth-order valence-electron chi connectivity index (χ4n) is 4.50. The lowest BCUT2D eigenvalue weighted by Gasteiger charge is -2.17. The molecule has 1 fully saturated rings. The first-order valence-corrected chi connectivity index (χ1v) is 11.6. The predicted octanol–water partition coefficient (Wildman–Crippen LogP) is 5.55. The molecule has 1 aromatic heterocycles. The molecule has 0 amide bonds. The fraction of sp³-hybridized carbons (Fsp3) is 0.286. The minimum Gasteiger partial charge on any atom is -0.497 e. The molecule has 4 aromatic rings. The predicted molar refractivity (Wildman–Crippen MR) is 135 cm³/mol. The molecule has 168 valence electrons. The Morgan fingerprint density at radius 3 is 2.55 bits per heavy atom. The Morgan fingerprint density at radius 1 is 0.970 bits per heavy atom. The minimum absolute atomic E-state index is 0.605. The van der Waals surface area contributed by atoms with E-state index in [0.29, 0.717) is 5.92 Å². The first-order chi connectivity index (χ1) is 16.2. The molecule has 1 aliphatic heterocycles. The normalized spacial score (nSPS) is 16.2. The summed E-state index contributed by atoms with van der Waals surface area (Å²) in [6, 6.07) is 25.0. The van der Waals surface area contributed by atoms with Crippen LogP contribution in [0.25, 0.3) is 22.3 Å². The average molecular weight is 439 g/mol. The van der Waals surface area contributed by atoms with Crippen LogP contribution in [0.2, 0.25) is 0 Å². The lowest BCUT2D eigenvalue weighted by molar-refractivity contribution is 0.319. The second-order valence-corrected chi connectivity index (χ2v) is 8.90. The van der Waals surface area contributed by atoms with Crippen molar-refractivity contribution in [1.29, 1.82) is 0 Å². The van der Waals surface area contributed by atoms with E-state index in [9.17, 15) is 0 Å². The summed E-state index contributed by atoms with van der Waals surface area (Å²) in [5.41, 5.74) is 4.64. The van der Waals surface area contributed by atoms with E-state index in [-0.39, 0.29) is 0 Å². The largest absolute Gasteiger partial charge is 0.497 e. The van der Waals surface area contributed by atoms with Gasteiger partial charge in [0.2, 0.25) is 0 Å². The number of ether oxygens (including phenoxy) is 1. The molecule has 0 spiro atoms. The van der Waals surface area contributed by atoms with E-state index < -0.39 is 0 Å². The van der Waals surface area contributed by atoms with Gasteiger partial charge in [-0.05, 0) is 67.8 Å². The molecule has 0 bridgehead atoms. The van der Waals surface area contributed by atoms with Gasteiger partial charge in [0, 0.05) is 30.6 Å². The van der Waals surface area contributed by atoms with E-state index in [1.54, 1.807) is 7.11 Å². The zero-order chi connectivity index (χ0) is 22.6. The molecule has 0 radical (unpaired) electrons. The molecular formula is C28H30N4O. The quantitative estimate of drug-likeness (QED) is 0.410. The summed E-state index contributed by atoms with van der Waals surface area (Å²) in [7, 11) is 1.68. The number of fused-ring (bicyclic) bond motifs is 1. The summed E-state index contributed by atoms with van der Waals surface area (Å²) >= 11 is 0. The maximum atomic E-state index is 5.29. The maximum absolute atomic E-state index is 5.29. The Labute approximate surface area is 195 Å². The van der Waals surface area contributed by atoms with Crippen molar-refractivity contribution >= 4 is 16.7 Å². The van der Waals surface area contributed by atoms with Crippen molar-refractivity contribution < 1.29 is 4.74 Å². The zero-order valence-electron chi connectivity index (χ0n) is 19.3. The summed E-state index contributed by atoms with van der Waals surface area (Å²) in [4.78, 5) is 12.3. The van der Waals surface area contributed by atoms with Crippen LogP contribution < -0.4 is 10.1 Å². The molecule has 1 N–H and O–H groups in total. The van der Waals surface area contributed by atoms with Crippen LogP contribution in [0.4, 0.5) is 5.82 Å². The summed E-state index contributed by atoms with van der Waals surface area (Å²) < 4.78 is 5.29. The Bertz CT molecular complexity index is 1220. The SMILES string of the molecule is COc1ccc(-c2nc(NCC3CCN(Cc4ccc(C)cc4)C3)c3ccccc3n2)cc1. The van der Waals surface area contributed by atoms with E-state index in [1.807, 2.05) is 42.5 Å². The standard InChI is InChI=1S/C28H30N4O/c1-20-7-9-21(10-8-20)18-32-16-15-22(19-32)17-29-28-25-5-3-4-6-26(25)30-27(31-28)23-11-13-24(33-2)14-12-23/h3-14,22H,15-19H2,1-2H3,(H,29,30,31). The fourth-order valence-corrected chi connectivity index (χ4v) is 4.50. The number of rotatable bonds is 7. The van der Waals surface area contributed by atoms with Gasteiger partial charge in [0.25, 0.3) is 0 Å². The topological polar surface area (TPSA) is 50.3 Å². The smallest absolute Gasteiger partial charge is 0.162 e. The van der Waals surface area contributed by atoms with Crippen LogP contribution in [0.15, 0.2) is 72.8 Å². The van der Waals surface area contributed by atoms with Gasteiger partial charge >= 0.3 is 0 Å². The van der Waals surface area contributed by atoms with Crippen molar-refractivity contribution in [3.05, 3.63) is 83.9 Å². The van der Waals surface area contributed by atoms with Crippen molar-refractivity contribution in [2.24, 2.45) is 5.92 Å². The number of likely N-dealkylation sites (tertiary alicyclic amines) is 1. The van der Waals surface area contributed by atoms with Gasteiger partial charge in [-0.15, -0.1) is 0 Å². The van der Waals surface area contributed by atoms with Gasteiger partial charge < -0.3 is 10.1 Å². The number of methoxy groups -OCH3 is 1. The number of hydrogen-bond acceptors (Lipinski definition) is 5. The monoisotopic (exact) mass is 438 g/mol. The molecule has 5 heteroatoms. The maximum Gasteiger partial charge on any atom is 0.162 e. The third-order valence-electron chi connectivity index (χ3n) is 6.41. The lowest BCUT2D eigenvalue weighted by Crippen LogP contribution is -2.23. The van der Waals surface area contributed by atoms with Crippen LogP contribution in [0.5, 0.6) is 5.75 Å². The van der Waals surface area contributed by atoms with E-state index in [1.165, 1.54) is 17.5 Å². The summed E-state index contributed by atoms with van der Waals surface area (Å²) in [6.07, 6.45) is 1.20. The van der Waals surface area contributed by atoms with E-state index in [4.69, 9.17) is 14.7 Å².